The first kappa shape index (κ1) is 23.8. The van der Waals surface area contributed by atoms with Crippen LogP contribution in [0.2, 0.25) is 0 Å². The minimum Gasteiger partial charge on any atom is -0.389 e. The number of hydrogen-bond donors (Lipinski definition) is 1. The van der Waals surface area contributed by atoms with Gasteiger partial charge in [-0.3, -0.25) is 9.69 Å². The highest BCUT2D eigenvalue weighted by atomic mass is 16.5. The number of ether oxygens (including phenoxy) is 3. The van der Waals surface area contributed by atoms with Gasteiger partial charge in [0.2, 0.25) is 0 Å². The number of rotatable bonds is 12. The summed E-state index contributed by atoms with van der Waals surface area (Å²) in [6, 6.07) is 9.27. The molecule has 7 heteroatoms. The van der Waals surface area contributed by atoms with E-state index in [1.807, 2.05) is 30.3 Å². The standard InChI is InChI=1S/C22H36N2O5/c1-18(2)16-28-17-20(25)13-23-9-12-29-21(14-23)15-24(10-11-27-3)22(26)19-7-5-4-6-8-19/h4-8,18,20-21,25H,9-17H2,1-3H3/t20-,21+/m0/s1. The van der Waals surface area contributed by atoms with Crippen LogP contribution in [0.4, 0.5) is 0 Å². The molecule has 0 radical (unpaired) electrons. The van der Waals surface area contributed by atoms with Crippen molar-refractivity contribution < 1.29 is 24.1 Å². The second kappa shape index (κ2) is 12.9. The molecule has 164 valence electrons. The van der Waals surface area contributed by atoms with Gasteiger partial charge in [-0.25, -0.2) is 0 Å². The van der Waals surface area contributed by atoms with Crippen LogP contribution in [0.3, 0.4) is 0 Å². The quantitative estimate of drug-likeness (QED) is 0.565. The molecule has 29 heavy (non-hydrogen) atoms. The van der Waals surface area contributed by atoms with Crippen LogP contribution in [-0.4, -0.2) is 99.3 Å². The first-order valence-electron chi connectivity index (χ1n) is 10.4. The van der Waals surface area contributed by atoms with Crippen LogP contribution < -0.4 is 0 Å². The molecule has 0 bridgehead atoms. The van der Waals surface area contributed by atoms with Crippen molar-refractivity contribution in [3.8, 4) is 0 Å². The number of aliphatic hydroxyl groups excluding tert-OH is 1. The molecular formula is C22H36N2O5. The number of hydrogen-bond acceptors (Lipinski definition) is 6. The van der Waals surface area contributed by atoms with Gasteiger partial charge < -0.3 is 24.2 Å². The highest BCUT2D eigenvalue weighted by Gasteiger charge is 2.26. The number of amides is 1. The van der Waals surface area contributed by atoms with Crippen molar-refractivity contribution in [2.45, 2.75) is 26.1 Å². The predicted molar refractivity (Wildman–Crippen MR) is 112 cm³/mol. The normalized spacial score (nSPS) is 18.7. The maximum absolute atomic E-state index is 12.9. The average Bonchev–Trinajstić information content (AvgIpc) is 2.71. The van der Waals surface area contributed by atoms with Crippen LogP contribution >= 0.6 is 0 Å². The van der Waals surface area contributed by atoms with Crippen molar-refractivity contribution in [3.05, 3.63) is 35.9 Å². The van der Waals surface area contributed by atoms with E-state index in [1.54, 1.807) is 12.0 Å². The van der Waals surface area contributed by atoms with E-state index in [4.69, 9.17) is 14.2 Å². The van der Waals surface area contributed by atoms with Crippen molar-refractivity contribution in [1.82, 2.24) is 9.80 Å². The molecule has 0 saturated carbocycles. The number of carbonyl (C=O) groups is 1. The molecule has 1 fully saturated rings. The SMILES string of the molecule is COCCN(C[C@H]1CN(C[C@H](O)COCC(C)C)CCO1)C(=O)c1ccccc1. The Morgan fingerprint density at radius 2 is 2.07 bits per heavy atom. The van der Waals surface area contributed by atoms with Gasteiger partial charge in [0.1, 0.15) is 0 Å². The molecule has 1 amide bonds. The number of aliphatic hydroxyl groups is 1. The molecule has 2 atom stereocenters. The van der Waals surface area contributed by atoms with Gasteiger partial charge in [-0.1, -0.05) is 32.0 Å². The Kier molecular flexibility index (Phi) is 10.6. The molecule has 0 aromatic heterocycles. The Labute approximate surface area is 174 Å². The molecule has 1 N–H and O–H groups in total. The van der Waals surface area contributed by atoms with Crippen LogP contribution in [0.5, 0.6) is 0 Å². The smallest absolute Gasteiger partial charge is 0.254 e. The number of benzene rings is 1. The van der Waals surface area contributed by atoms with Gasteiger partial charge >= 0.3 is 0 Å². The molecule has 2 rings (SSSR count). The van der Waals surface area contributed by atoms with E-state index in [9.17, 15) is 9.90 Å². The fraction of sp³-hybridized carbons (Fsp3) is 0.682. The van der Waals surface area contributed by atoms with Crippen LogP contribution in [0.1, 0.15) is 24.2 Å². The monoisotopic (exact) mass is 408 g/mol. The van der Waals surface area contributed by atoms with Crippen LogP contribution in [0, 0.1) is 5.92 Å². The zero-order valence-electron chi connectivity index (χ0n) is 18.0. The summed E-state index contributed by atoms with van der Waals surface area (Å²) in [6.07, 6.45) is -0.625. The van der Waals surface area contributed by atoms with Gasteiger partial charge in [-0.2, -0.15) is 0 Å². The molecule has 0 unspecified atom stereocenters. The third kappa shape index (κ3) is 8.80. The Balaban J connectivity index is 1.87. The maximum Gasteiger partial charge on any atom is 0.254 e. The summed E-state index contributed by atoms with van der Waals surface area (Å²) >= 11 is 0. The number of carbonyl (C=O) groups excluding carboxylic acids is 1. The lowest BCUT2D eigenvalue weighted by Gasteiger charge is -2.36. The minimum atomic E-state index is -0.525. The Hall–Kier alpha value is -1.51. The largest absolute Gasteiger partial charge is 0.389 e. The van der Waals surface area contributed by atoms with E-state index in [-0.39, 0.29) is 12.0 Å². The van der Waals surface area contributed by atoms with Crippen LogP contribution in [-0.2, 0) is 14.2 Å². The fourth-order valence-corrected chi connectivity index (χ4v) is 3.33. The van der Waals surface area contributed by atoms with E-state index >= 15 is 0 Å². The van der Waals surface area contributed by atoms with Gasteiger partial charge in [0.25, 0.3) is 5.91 Å². The Morgan fingerprint density at radius 3 is 2.76 bits per heavy atom. The summed E-state index contributed by atoms with van der Waals surface area (Å²) in [7, 11) is 1.63. The molecular weight excluding hydrogens is 372 g/mol. The molecule has 7 nitrogen and oxygen atoms in total. The van der Waals surface area contributed by atoms with Crippen molar-refractivity contribution in [2.24, 2.45) is 5.92 Å². The highest BCUT2D eigenvalue weighted by molar-refractivity contribution is 5.94. The average molecular weight is 409 g/mol. The lowest BCUT2D eigenvalue weighted by Crippen LogP contribution is -2.51. The Morgan fingerprint density at radius 1 is 1.31 bits per heavy atom. The van der Waals surface area contributed by atoms with Crippen LogP contribution in [0.15, 0.2) is 30.3 Å². The van der Waals surface area contributed by atoms with E-state index in [1.165, 1.54) is 0 Å². The first-order chi connectivity index (χ1) is 14.0. The molecule has 0 aliphatic carbocycles. The van der Waals surface area contributed by atoms with Gasteiger partial charge in [0.15, 0.2) is 0 Å². The zero-order valence-corrected chi connectivity index (χ0v) is 18.0. The van der Waals surface area contributed by atoms with Gasteiger partial charge in [-0.05, 0) is 18.1 Å². The highest BCUT2D eigenvalue weighted by Crippen LogP contribution is 2.11. The van der Waals surface area contributed by atoms with Gasteiger partial charge in [-0.15, -0.1) is 0 Å². The number of methoxy groups -OCH3 is 1. The third-order valence-corrected chi connectivity index (χ3v) is 4.75. The second-order valence-corrected chi connectivity index (χ2v) is 7.95. The molecule has 0 spiro atoms. The van der Waals surface area contributed by atoms with Gasteiger partial charge in [0.05, 0.1) is 32.0 Å². The molecule has 1 aliphatic heterocycles. The lowest BCUT2D eigenvalue weighted by molar-refractivity contribution is -0.0605. The van der Waals surface area contributed by atoms with Crippen molar-refractivity contribution >= 4 is 5.91 Å². The minimum absolute atomic E-state index is 0.0227. The summed E-state index contributed by atoms with van der Waals surface area (Å²) in [4.78, 5) is 16.9. The van der Waals surface area contributed by atoms with E-state index in [0.29, 0.717) is 64.1 Å². The fourth-order valence-electron chi connectivity index (χ4n) is 3.33. The number of nitrogens with zero attached hydrogens (tertiary/aromatic N) is 2. The first-order valence-corrected chi connectivity index (χ1v) is 10.4. The van der Waals surface area contributed by atoms with Crippen molar-refractivity contribution in [1.29, 1.82) is 0 Å². The summed E-state index contributed by atoms with van der Waals surface area (Å²) in [6.45, 7) is 9.21. The molecule has 1 saturated heterocycles. The molecule has 1 aromatic rings. The zero-order chi connectivity index (χ0) is 21.1. The maximum atomic E-state index is 12.9. The van der Waals surface area contributed by atoms with Gasteiger partial charge in [0, 0.05) is 52.0 Å². The molecule has 1 aliphatic rings. The lowest BCUT2D eigenvalue weighted by atomic mass is 10.1. The summed E-state index contributed by atoms with van der Waals surface area (Å²) < 4.78 is 16.6. The Bertz CT molecular complexity index is 584. The van der Waals surface area contributed by atoms with Crippen LogP contribution in [0.25, 0.3) is 0 Å². The summed E-state index contributed by atoms with van der Waals surface area (Å²) in [5.41, 5.74) is 0.661. The molecule has 1 heterocycles. The van der Waals surface area contributed by atoms with Crippen molar-refractivity contribution in [3.63, 3.8) is 0 Å². The number of β-amino-alcohol motifs (C(OH)–C–C–N with tert-alkyl or cyclic N) is 1. The predicted octanol–water partition coefficient (Wildman–Crippen LogP) is 1.51. The molecule has 1 aromatic carbocycles. The summed E-state index contributed by atoms with van der Waals surface area (Å²) in [5, 5.41) is 10.2. The van der Waals surface area contributed by atoms with Crippen molar-refractivity contribution in [2.75, 3.05) is 66.3 Å². The topological polar surface area (TPSA) is 71.5 Å². The third-order valence-electron chi connectivity index (χ3n) is 4.75. The van der Waals surface area contributed by atoms with E-state index in [2.05, 4.69) is 18.7 Å². The second-order valence-electron chi connectivity index (χ2n) is 7.95. The number of morpholine rings is 1. The summed E-state index contributed by atoms with van der Waals surface area (Å²) in [5.74, 6) is 0.431. The van der Waals surface area contributed by atoms with E-state index < -0.39 is 6.10 Å². The van der Waals surface area contributed by atoms with E-state index in [0.717, 1.165) is 6.54 Å².